The second kappa shape index (κ2) is 7.90. The molecule has 154 valence electrons. The molecule has 29 heavy (non-hydrogen) atoms. The average Bonchev–Trinajstić information content (AvgIpc) is 3.17. The van der Waals surface area contributed by atoms with Crippen LogP contribution in [0.25, 0.3) is 0 Å². The second-order valence-corrected chi connectivity index (χ2v) is 7.41. The Morgan fingerprint density at radius 2 is 1.69 bits per heavy atom. The van der Waals surface area contributed by atoms with E-state index >= 15 is 0 Å². The Balaban J connectivity index is 1.66. The number of aliphatic carboxylic acids is 1. The Kier molecular flexibility index (Phi) is 5.31. The summed E-state index contributed by atoms with van der Waals surface area (Å²) in [6, 6.07) is 12.9. The number of carboxylic acid groups (broad SMARTS) is 1. The molecule has 0 spiro atoms. The van der Waals surface area contributed by atoms with E-state index in [1.807, 2.05) is 30.3 Å². The first-order chi connectivity index (χ1) is 14.0. The Bertz CT molecular complexity index is 866. The summed E-state index contributed by atoms with van der Waals surface area (Å²) in [4.78, 5) is 12.2. The van der Waals surface area contributed by atoms with Crippen molar-refractivity contribution >= 4 is 5.97 Å². The maximum atomic E-state index is 12.2. The van der Waals surface area contributed by atoms with Crippen LogP contribution >= 0.6 is 0 Å². The number of nitrogens with one attached hydrogen (secondary N) is 3. The number of aromatic hydroxyl groups is 1. The molecule has 5 atom stereocenters. The zero-order chi connectivity index (χ0) is 20.5. The van der Waals surface area contributed by atoms with Crippen molar-refractivity contribution in [3.63, 3.8) is 0 Å². The van der Waals surface area contributed by atoms with Crippen LogP contribution in [0.15, 0.2) is 42.5 Å². The third kappa shape index (κ3) is 3.50. The van der Waals surface area contributed by atoms with E-state index in [9.17, 15) is 15.0 Å². The zero-order valence-corrected chi connectivity index (χ0v) is 16.3. The number of hydrazine groups is 1. The molecule has 0 bridgehead atoms. The molecule has 0 aliphatic carbocycles. The van der Waals surface area contributed by atoms with Gasteiger partial charge in [-0.05, 0) is 29.7 Å². The molecule has 0 radical (unpaired) electrons. The molecule has 5 N–H and O–H groups in total. The number of carboxylic acids is 1. The zero-order valence-electron chi connectivity index (χ0n) is 16.3. The third-order valence-corrected chi connectivity index (χ3v) is 5.88. The van der Waals surface area contributed by atoms with Gasteiger partial charge >= 0.3 is 5.97 Å². The molecule has 0 aromatic heterocycles. The first-order valence-electron chi connectivity index (χ1n) is 9.53. The Morgan fingerprint density at radius 3 is 2.28 bits per heavy atom. The maximum Gasteiger partial charge on any atom is 0.307 e. The van der Waals surface area contributed by atoms with E-state index in [1.54, 1.807) is 12.1 Å². The van der Waals surface area contributed by atoms with Crippen LogP contribution in [0, 0.1) is 11.8 Å². The molecule has 0 amide bonds. The summed E-state index contributed by atoms with van der Waals surface area (Å²) in [7, 11) is 2.94. The second-order valence-electron chi connectivity index (χ2n) is 7.41. The molecule has 8 nitrogen and oxygen atoms in total. The Morgan fingerprint density at radius 1 is 1.03 bits per heavy atom. The van der Waals surface area contributed by atoms with Crippen LogP contribution in [0.4, 0.5) is 0 Å². The third-order valence-electron chi connectivity index (χ3n) is 5.88. The fourth-order valence-electron chi connectivity index (χ4n) is 4.46. The normalized spacial score (nSPS) is 28.6. The van der Waals surface area contributed by atoms with E-state index in [2.05, 4.69) is 16.2 Å². The van der Waals surface area contributed by atoms with Gasteiger partial charge in [0.1, 0.15) is 0 Å². The maximum absolute atomic E-state index is 12.2. The van der Waals surface area contributed by atoms with Gasteiger partial charge in [0.25, 0.3) is 0 Å². The lowest BCUT2D eigenvalue weighted by Crippen LogP contribution is -2.53. The summed E-state index contributed by atoms with van der Waals surface area (Å²) in [5.41, 5.74) is 8.33. The van der Waals surface area contributed by atoms with Gasteiger partial charge in [0.2, 0.25) is 5.75 Å². The standard InChI is InChI=1S/C21H25N3O5/c1-28-15-8-12(9-16(29-2)19(15)25)14-10-13(21(26)27)17-18(23-24-20(17)22-14)11-6-4-3-5-7-11/h3-9,13-14,17-18,20,22-25H,10H2,1-2H3,(H,26,27). The number of methoxy groups -OCH3 is 2. The van der Waals surface area contributed by atoms with E-state index in [-0.39, 0.29) is 41.4 Å². The predicted molar refractivity (Wildman–Crippen MR) is 106 cm³/mol. The van der Waals surface area contributed by atoms with E-state index in [0.29, 0.717) is 6.42 Å². The molecule has 2 aromatic carbocycles. The molecule has 8 heteroatoms. The molecule has 2 fully saturated rings. The lowest BCUT2D eigenvalue weighted by atomic mass is 9.75. The van der Waals surface area contributed by atoms with Crippen LogP contribution in [0.1, 0.15) is 29.6 Å². The smallest absolute Gasteiger partial charge is 0.307 e. The van der Waals surface area contributed by atoms with Gasteiger partial charge in [-0.2, -0.15) is 0 Å². The monoisotopic (exact) mass is 399 g/mol. The van der Waals surface area contributed by atoms with Crippen LogP contribution in [-0.2, 0) is 4.79 Å². The van der Waals surface area contributed by atoms with Crippen LogP contribution in [-0.4, -0.2) is 36.6 Å². The number of carbonyl (C=O) groups is 1. The highest BCUT2D eigenvalue weighted by molar-refractivity contribution is 5.71. The largest absolute Gasteiger partial charge is 0.502 e. The molecule has 2 aliphatic rings. The summed E-state index contributed by atoms with van der Waals surface area (Å²) >= 11 is 0. The Hall–Kier alpha value is -2.81. The van der Waals surface area contributed by atoms with E-state index in [0.717, 1.165) is 11.1 Å². The summed E-state index contributed by atoms with van der Waals surface area (Å²) < 4.78 is 10.5. The minimum atomic E-state index is -0.823. The molecular weight excluding hydrogens is 374 g/mol. The van der Waals surface area contributed by atoms with E-state index in [4.69, 9.17) is 9.47 Å². The number of hydrogen-bond acceptors (Lipinski definition) is 7. The summed E-state index contributed by atoms with van der Waals surface area (Å²) in [5, 5.41) is 23.7. The van der Waals surface area contributed by atoms with Gasteiger partial charge in [0, 0.05) is 12.0 Å². The fourth-order valence-corrected chi connectivity index (χ4v) is 4.46. The number of phenols is 1. The highest BCUT2D eigenvalue weighted by Gasteiger charge is 2.49. The lowest BCUT2D eigenvalue weighted by molar-refractivity contribution is -0.146. The lowest BCUT2D eigenvalue weighted by Gasteiger charge is -2.39. The average molecular weight is 399 g/mol. The molecule has 0 saturated carbocycles. The highest BCUT2D eigenvalue weighted by Crippen LogP contribution is 2.45. The number of fused-ring (bicyclic) bond motifs is 1. The molecule has 4 rings (SSSR count). The molecule has 2 aliphatic heterocycles. The molecule has 2 saturated heterocycles. The van der Waals surface area contributed by atoms with Crippen LogP contribution in [0.2, 0.25) is 0 Å². The van der Waals surface area contributed by atoms with Crippen molar-refractivity contribution in [3.8, 4) is 17.2 Å². The molecule has 5 unspecified atom stereocenters. The highest BCUT2D eigenvalue weighted by atomic mass is 16.5. The van der Waals surface area contributed by atoms with Crippen LogP contribution in [0.5, 0.6) is 17.2 Å². The Labute approximate surface area is 168 Å². The minimum Gasteiger partial charge on any atom is -0.502 e. The van der Waals surface area contributed by atoms with Crippen molar-refractivity contribution in [1.82, 2.24) is 16.2 Å². The summed E-state index contributed by atoms with van der Waals surface area (Å²) in [6.07, 6.45) is 0.172. The minimum absolute atomic E-state index is 0.0768. The van der Waals surface area contributed by atoms with Gasteiger partial charge in [0.05, 0.1) is 32.3 Å². The predicted octanol–water partition coefficient (Wildman–Crippen LogP) is 1.94. The van der Waals surface area contributed by atoms with Crippen LogP contribution < -0.4 is 25.6 Å². The fraction of sp³-hybridized carbons (Fsp3) is 0.381. The SMILES string of the molecule is COc1cc(C2CC(C(=O)O)C3C(NNC3c3ccccc3)N2)cc(OC)c1O. The number of benzene rings is 2. The van der Waals surface area contributed by atoms with E-state index in [1.165, 1.54) is 14.2 Å². The van der Waals surface area contributed by atoms with Gasteiger partial charge in [0.15, 0.2) is 11.5 Å². The molecular formula is C21H25N3O5. The van der Waals surface area contributed by atoms with Gasteiger partial charge in [-0.25, -0.2) is 10.9 Å². The van der Waals surface area contributed by atoms with Crippen LogP contribution in [0.3, 0.4) is 0 Å². The quantitative estimate of drug-likeness (QED) is 0.519. The molecule has 2 heterocycles. The van der Waals surface area contributed by atoms with Crippen molar-refractivity contribution < 1.29 is 24.5 Å². The van der Waals surface area contributed by atoms with Gasteiger partial charge in [-0.1, -0.05) is 30.3 Å². The van der Waals surface area contributed by atoms with Gasteiger partial charge < -0.3 is 19.7 Å². The van der Waals surface area contributed by atoms with Crippen molar-refractivity contribution in [3.05, 3.63) is 53.6 Å². The number of piperidine rings is 1. The van der Waals surface area contributed by atoms with Crippen molar-refractivity contribution in [2.45, 2.75) is 24.7 Å². The topological polar surface area (TPSA) is 112 Å². The number of ether oxygens (including phenoxy) is 2. The first-order valence-corrected chi connectivity index (χ1v) is 9.53. The van der Waals surface area contributed by atoms with E-state index < -0.39 is 11.9 Å². The number of hydrogen-bond donors (Lipinski definition) is 5. The van der Waals surface area contributed by atoms with Crippen molar-refractivity contribution in [2.75, 3.05) is 14.2 Å². The number of phenolic OH excluding ortho intramolecular Hbond substituents is 1. The number of rotatable bonds is 5. The summed E-state index contributed by atoms with van der Waals surface area (Å²) in [5.74, 6) is -1.05. The van der Waals surface area contributed by atoms with Gasteiger partial charge in [-0.15, -0.1) is 0 Å². The summed E-state index contributed by atoms with van der Waals surface area (Å²) in [6.45, 7) is 0. The van der Waals surface area contributed by atoms with Gasteiger partial charge in [-0.3, -0.25) is 10.1 Å². The van der Waals surface area contributed by atoms with Crippen molar-refractivity contribution in [1.29, 1.82) is 0 Å². The molecule has 2 aromatic rings. The van der Waals surface area contributed by atoms with Crippen molar-refractivity contribution in [2.24, 2.45) is 11.8 Å². The first kappa shape index (κ1) is 19.5.